The lowest BCUT2D eigenvalue weighted by Crippen LogP contribution is -2.34. The number of amides is 1. The Balaban J connectivity index is 2.16. The summed E-state index contributed by atoms with van der Waals surface area (Å²) in [4.78, 5) is 25.5. The van der Waals surface area contributed by atoms with Gasteiger partial charge in [0.15, 0.2) is 0 Å². The van der Waals surface area contributed by atoms with E-state index in [0.29, 0.717) is 31.6 Å². The van der Waals surface area contributed by atoms with Gasteiger partial charge in [-0.1, -0.05) is 55.8 Å². The lowest BCUT2D eigenvalue weighted by Gasteiger charge is -2.22. The zero-order valence-electron chi connectivity index (χ0n) is 15.1. The van der Waals surface area contributed by atoms with Crippen LogP contribution in [-0.4, -0.2) is 35.0 Å². The number of unbranched alkanes of at least 4 members (excludes halogenated alkanes) is 1. The quantitative estimate of drug-likeness (QED) is 0.721. The molecule has 26 heavy (non-hydrogen) atoms. The number of hydrogen-bond donors (Lipinski definition) is 2. The van der Waals surface area contributed by atoms with Gasteiger partial charge in [0, 0.05) is 26.1 Å². The van der Waals surface area contributed by atoms with E-state index in [2.05, 4.69) is 6.92 Å². The van der Waals surface area contributed by atoms with Gasteiger partial charge in [0.2, 0.25) is 5.91 Å². The SMILES string of the molecule is CCCCC(=O)N(CCN)Cc1ccc(-c2ccccc2C(=O)O)cc1. The molecule has 3 N–H and O–H groups in total. The van der Waals surface area contributed by atoms with Gasteiger partial charge >= 0.3 is 5.97 Å². The number of carbonyl (C=O) groups excluding carboxylic acids is 1. The van der Waals surface area contributed by atoms with Crippen LogP contribution in [-0.2, 0) is 11.3 Å². The lowest BCUT2D eigenvalue weighted by atomic mass is 9.98. The summed E-state index contributed by atoms with van der Waals surface area (Å²) in [6, 6.07) is 14.6. The first-order valence-corrected chi connectivity index (χ1v) is 8.96. The van der Waals surface area contributed by atoms with Crippen molar-refractivity contribution in [3.63, 3.8) is 0 Å². The fourth-order valence-electron chi connectivity index (χ4n) is 2.87. The van der Waals surface area contributed by atoms with E-state index in [1.165, 1.54) is 0 Å². The van der Waals surface area contributed by atoms with Crippen LogP contribution in [0.15, 0.2) is 48.5 Å². The number of carboxylic acids is 1. The Labute approximate surface area is 154 Å². The van der Waals surface area contributed by atoms with Gasteiger partial charge in [-0.25, -0.2) is 4.79 Å². The van der Waals surface area contributed by atoms with Gasteiger partial charge in [0.25, 0.3) is 0 Å². The molecule has 0 heterocycles. The molecule has 0 atom stereocenters. The van der Waals surface area contributed by atoms with Gasteiger partial charge in [-0.15, -0.1) is 0 Å². The maximum Gasteiger partial charge on any atom is 0.336 e. The molecule has 1 amide bonds. The van der Waals surface area contributed by atoms with E-state index in [1.807, 2.05) is 30.3 Å². The molecule has 0 saturated carbocycles. The fraction of sp³-hybridized carbons (Fsp3) is 0.333. The standard InChI is InChI=1S/C21H26N2O3/c1-2-3-8-20(24)23(14-13-22)15-16-9-11-17(12-10-16)18-6-4-5-7-19(18)21(25)26/h4-7,9-12H,2-3,8,13-15,22H2,1H3,(H,25,26). The molecule has 2 aromatic carbocycles. The molecule has 0 fully saturated rings. The molecule has 0 aliphatic heterocycles. The Kier molecular flexibility index (Phi) is 7.36. The van der Waals surface area contributed by atoms with E-state index in [0.717, 1.165) is 24.0 Å². The molecular weight excluding hydrogens is 328 g/mol. The Hall–Kier alpha value is -2.66. The molecule has 2 rings (SSSR count). The molecule has 0 saturated heterocycles. The molecule has 0 spiro atoms. The molecule has 0 bridgehead atoms. The van der Waals surface area contributed by atoms with E-state index >= 15 is 0 Å². The summed E-state index contributed by atoms with van der Waals surface area (Å²) in [6.45, 7) is 3.54. The van der Waals surface area contributed by atoms with Crippen LogP contribution >= 0.6 is 0 Å². The third-order valence-electron chi connectivity index (χ3n) is 4.29. The number of benzene rings is 2. The summed E-state index contributed by atoms with van der Waals surface area (Å²) >= 11 is 0. The first-order chi connectivity index (χ1) is 12.6. The van der Waals surface area contributed by atoms with Crippen LogP contribution in [0.25, 0.3) is 11.1 Å². The van der Waals surface area contributed by atoms with Crippen molar-refractivity contribution in [1.82, 2.24) is 4.90 Å². The first-order valence-electron chi connectivity index (χ1n) is 8.96. The predicted molar refractivity (Wildman–Crippen MR) is 103 cm³/mol. The number of hydrogen-bond acceptors (Lipinski definition) is 3. The van der Waals surface area contributed by atoms with E-state index in [1.54, 1.807) is 23.1 Å². The van der Waals surface area contributed by atoms with Gasteiger partial charge in [0.05, 0.1) is 5.56 Å². The van der Waals surface area contributed by atoms with Crippen molar-refractivity contribution < 1.29 is 14.7 Å². The normalized spacial score (nSPS) is 10.5. The minimum Gasteiger partial charge on any atom is -0.478 e. The first kappa shape index (κ1) is 19.7. The highest BCUT2D eigenvalue weighted by Gasteiger charge is 2.14. The van der Waals surface area contributed by atoms with E-state index in [9.17, 15) is 14.7 Å². The molecule has 138 valence electrons. The zero-order valence-corrected chi connectivity index (χ0v) is 15.1. The summed E-state index contributed by atoms with van der Waals surface area (Å²) in [5.41, 5.74) is 8.45. The minimum absolute atomic E-state index is 0.123. The third kappa shape index (κ3) is 5.17. The van der Waals surface area contributed by atoms with Crippen LogP contribution in [0, 0.1) is 0 Å². The highest BCUT2D eigenvalue weighted by molar-refractivity contribution is 5.96. The second-order valence-electron chi connectivity index (χ2n) is 6.26. The van der Waals surface area contributed by atoms with Crippen LogP contribution in [0.2, 0.25) is 0 Å². The van der Waals surface area contributed by atoms with Crippen molar-refractivity contribution in [2.45, 2.75) is 32.7 Å². The van der Waals surface area contributed by atoms with Crippen molar-refractivity contribution in [3.05, 3.63) is 59.7 Å². The number of carboxylic acid groups (broad SMARTS) is 1. The number of nitrogens with zero attached hydrogens (tertiary/aromatic N) is 1. The lowest BCUT2D eigenvalue weighted by molar-refractivity contribution is -0.131. The van der Waals surface area contributed by atoms with Gasteiger partial charge in [0.1, 0.15) is 0 Å². The van der Waals surface area contributed by atoms with Crippen molar-refractivity contribution in [1.29, 1.82) is 0 Å². The van der Waals surface area contributed by atoms with Crippen LogP contribution < -0.4 is 5.73 Å². The second kappa shape index (κ2) is 9.73. The largest absolute Gasteiger partial charge is 0.478 e. The average molecular weight is 354 g/mol. The molecule has 0 aliphatic carbocycles. The second-order valence-corrected chi connectivity index (χ2v) is 6.26. The van der Waals surface area contributed by atoms with Crippen LogP contribution in [0.3, 0.4) is 0 Å². The molecule has 0 radical (unpaired) electrons. The number of carbonyl (C=O) groups is 2. The van der Waals surface area contributed by atoms with Crippen molar-refractivity contribution in [2.24, 2.45) is 5.73 Å². The van der Waals surface area contributed by atoms with Crippen molar-refractivity contribution in [2.75, 3.05) is 13.1 Å². The maximum absolute atomic E-state index is 12.3. The fourth-order valence-corrected chi connectivity index (χ4v) is 2.87. The topological polar surface area (TPSA) is 83.6 Å². The van der Waals surface area contributed by atoms with Gasteiger partial charge in [-0.05, 0) is 29.2 Å². The molecular formula is C21H26N2O3. The zero-order chi connectivity index (χ0) is 18.9. The highest BCUT2D eigenvalue weighted by Crippen LogP contribution is 2.24. The Morgan fingerprint density at radius 2 is 1.77 bits per heavy atom. The predicted octanol–water partition coefficient (Wildman–Crippen LogP) is 3.53. The van der Waals surface area contributed by atoms with Crippen LogP contribution in [0.5, 0.6) is 0 Å². The molecule has 0 unspecified atom stereocenters. The average Bonchev–Trinajstić information content (AvgIpc) is 2.66. The molecule has 5 nitrogen and oxygen atoms in total. The smallest absolute Gasteiger partial charge is 0.336 e. The van der Waals surface area contributed by atoms with Gasteiger partial charge in [-0.3, -0.25) is 4.79 Å². The van der Waals surface area contributed by atoms with Crippen LogP contribution in [0.1, 0.15) is 42.1 Å². The third-order valence-corrected chi connectivity index (χ3v) is 4.29. The molecule has 0 aliphatic rings. The molecule has 5 heteroatoms. The summed E-state index contributed by atoms with van der Waals surface area (Å²) in [6.07, 6.45) is 2.41. The van der Waals surface area contributed by atoms with Gasteiger partial charge < -0.3 is 15.7 Å². The summed E-state index contributed by atoms with van der Waals surface area (Å²) in [5.74, 6) is -0.821. The van der Waals surface area contributed by atoms with Crippen molar-refractivity contribution >= 4 is 11.9 Å². The van der Waals surface area contributed by atoms with Gasteiger partial charge in [-0.2, -0.15) is 0 Å². The maximum atomic E-state index is 12.3. The summed E-state index contributed by atoms with van der Waals surface area (Å²) < 4.78 is 0. The highest BCUT2D eigenvalue weighted by atomic mass is 16.4. The van der Waals surface area contributed by atoms with Crippen molar-refractivity contribution in [3.8, 4) is 11.1 Å². The summed E-state index contributed by atoms with van der Waals surface area (Å²) in [5, 5.41) is 9.34. The molecule has 0 aromatic heterocycles. The summed E-state index contributed by atoms with van der Waals surface area (Å²) in [7, 11) is 0. The molecule has 2 aromatic rings. The van der Waals surface area contributed by atoms with E-state index < -0.39 is 5.97 Å². The van der Waals surface area contributed by atoms with E-state index in [-0.39, 0.29) is 11.5 Å². The van der Waals surface area contributed by atoms with E-state index in [4.69, 9.17) is 5.73 Å². The Morgan fingerprint density at radius 1 is 1.08 bits per heavy atom. The minimum atomic E-state index is -0.944. The monoisotopic (exact) mass is 354 g/mol. The van der Waals surface area contributed by atoms with Crippen LogP contribution in [0.4, 0.5) is 0 Å². The number of aromatic carboxylic acids is 1. The Morgan fingerprint density at radius 3 is 2.38 bits per heavy atom. The number of nitrogens with two attached hydrogens (primary N) is 1. The number of rotatable bonds is 9. The Bertz CT molecular complexity index is 741.